The van der Waals surface area contributed by atoms with Crippen LogP contribution in [0.5, 0.6) is 11.5 Å². The Labute approximate surface area is 250 Å². The molecule has 0 atom stereocenters. The largest absolute Gasteiger partial charge is 1.00 e. The number of hydrogen-bond acceptors (Lipinski definition) is 7. The van der Waals surface area contributed by atoms with Crippen LogP contribution in [-0.4, -0.2) is 26.0 Å². The standard InChI is InChI=1S/C25H19Cl2N3O6S.Na/c1-13-9-18(27)20(12-22(13)37(33,34)35)29-30-23-16-6-4-3-5-14(16)10-17(24(23)31)25(32)28-19-8-7-15(26)11-21(19)36-2;/h3-12,31H,1-2H3,(H,28,32)(H,33,34,35);/q;+1/p-1. The van der Waals surface area contributed by atoms with Crippen molar-refractivity contribution in [3.8, 4) is 11.5 Å². The van der Waals surface area contributed by atoms with Gasteiger partial charge in [0.05, 0.1) is 28.4 Å². The Kier molecular flexibility index (Phi) is 9.43. The zero-order valence-electron chi connectivity index (χ0n) is 20.3. The first-order valence-corrected chi connectivity index (χ1v) is 12.8. The van der Waals surface area contributed by atoms with Crippen LogP contribution in [0.15, 0.2) is 75.8 Å². The van der Waals surface area contributed by atoms with Crippen molar-refractivity contribution in [3.05, 3.63) is 81.8 Å². The van der Waals surface area contributed by atoms with Crippen molar-refractivity contribution in [3.63, 3.8) is 0 Å². The number of amides is 1. The first kappa shape index (κ1) is 29.9. The molecule has 0 radical (unpaired) electrons. The van der Waals surface area contributed by atoms with E-state index in [-0.39, 0.29) is 57.1 Å². The van der Waals surface area contributed by atoms with E-state index in [0.717, 1.165) is 6.07 Å². The molecule has 0 fully saturated rings. The number of aryl methyl sites for hydroxylation is 1. The number of nitrogens with one attached hydrogen (secondary N) is 1. The Morgan fingerprint density at radius 1 is 1.05 bits per heavy atom. The number of benzene rings is 4. The number of hydrogen-bond donors (Lipinski definition) is 2. The van der Waals surface area contributed by atoms with Crippen molar-refractivity contribution in [1.29, 1.82) is 0 Å². The molecular formula is C25H18Cl2N3NaO6S. The van der Waals surface area contributed by atoms with E-state index in [1.54, 1.807) is 30.3 Å². The zero-order chi connectivity index (χ0) is 26.9. The van der Waals surface area contributed by atoms with Crippen molar-refractivity contribution < 1.29 is 57.2 Å². The van der Waals surface area contributed by atoms with E-state index >= 15 is 0 Å². The summed E-state index contributed by atoms with van der Waals surface area (Å²) in [5.74, 6) is -1.13. The van der Waals surface area contributed by atoms with E-state index in [4.69, 9.17) is 27.9 Å². The van der Waals surface area contributed by atoms with Crippen LogP contribution in [0.2, 0.25) is 10.0 Å². The van der Waals surface area contributed by atoms with Gasteiger partial charge in [-0.2, -0.15) is 13.5 Å². The average Bonchev–Trinajstić information content (AvgIpc) is 2.84. The van der Waals surface area contributed by atoms with Crippen LogP contribution >= 0.6 is 23.2 Å². The molecule has 4 rings (SSSR count). The number of rotatable bonds is 6. The van der Waals surface area contributed by atoms with Crippen molar-refractivity contribution in [2.75, 3.05) is 12.4 Å². The second kappa shape index (κ2) is 12.0. The maximum absolute atomic E-state index is 13.4. The maximum atomic E-state index is 13.4. The Morgan fingerprint density at radius 3 is 2.45 bits per heavy atom. The molecule has 4 aromatic rings. The summed E-state index contributed by atoms with van der Waals surface area (Å²) in [6, 6.07) is 15.1. The van der Waals surface area contributed by atoms with Gasteiger partial charge in [0.2, 0.25) is 0 Å². The first-order chi connectivity index (χ1) is 17.5. The Balaban J connectivity index is 0.00000400. The van der Waals surface area contributed by atoms with Gasteiger partial charge in [0.1, 0.15) is 11.4 Å². The zero-order valence-corrected chi connectivity index (χ0v) is 24.6. The molecule has 190 valence electrons. The molecule has 0 heterocycles. The van der Waals surface area contributed by atoms with E-state index in [1.165, 1.54) is 38.3 Å². The Hall–Kier alpha value is -2.70. The molecule has 0 saturated heterocycles. The minimum Gasteiger partial charge on any atom is -0.870 e. The number of fused-ring (bicyclic) bond motifs is 1. The van der Waals surface area contributed by atoms with E-state index in [9.17, 15) is 22.9 Å². The summed E-state index contributed by atoms with van der Waals surface area (Å²) >= 11 is 12.2. The van der Waals surface area contributed by atoms with Crippen molar-refractivity contribution in [2.45, 2.75) is 11.8 Å². The van der Waals surface area contributed by atoms with E-state index < -0.39 is 26.7 Å². The Bertz CT molecular complexity index is 1700. The molecule has 13 heteroatoms. The van der Waals surface area contributed by atoms with Crippen LogP contribution in [0.1, 0.15) is 15.9 Å². The molecule has 0 spiro atoms. The fraction of sp³-hybridized carbons (Fsp3) is 0.0800. The third-order valence-corrected chi connectivity index (χ3v) is 6.95. The average molecular weight is 582 g/mol. The minimum absolute atomic E-state index is 0. The number of nitrogens with zero attached hydrogens (tertiary/aromatic N) is 2. The predicted molar refractivity (Wildman–Crippen MR) is 140 cm³/mol. The molecule has 0 unspecified atom stereocenters. The molecule has 1 amide bonds. The molecule has 0 aliphatic carbocycles. The van der Waals surface area contributed by atoms with E-state index in [1.807, 2.05) is 0 Å². The molecular weight excluding hydrogens is 564 g/mol. The van der Waals surface area contributed by atoms with E-state index in [0.29, 0.717) is 27.2 Å². The van der Waals surface area contributed by atoms with Gasteiger partial charge in [-0.1, -0.05) is 53.2 Å². The summed E-state index contributed by atoms with van der Waals surface area (Å²) in [5, 5.41) is 25.4. The number of carbonyl (C=O) groups excluding carboxylic acids is 1. The van der Waals surface area contributed by atoms with Crippen LogP contribution in [0.4, 0.5) is 17.1 Å². The fourth-order valence-corrected chi connectivity index (χ4v) is 4.78. The van der Waals surface area contributed by atoms with Crippen LogP contribution < -0.4 is 44.7 Å². The molecule has 9 nitrogen and oxygen atoms in total. The smallest absolute Gasteiger partial charge is 0.870 e. The number of methoxy groups -OCH3 is 1. The van der Waals surface area contributed by atoms with Crippen LogP contribution in [0.3, 0.4) is 0 Å². The number of anilines is 1. The van der Waals surface area contributed by atoms with Crippen molar-refractivity contribution >= 4 is 67.1 Å². The summed E-state index contributed by atoms with van der Waals surface area (Å²) in [7, 11) is -3.13. The van der Waals surface area contributed by atoms with E-state index in [2.05, 4.69) is 15.5 Å². The van der Waals surface area contributed by atoms with Gasteiger partial charge < -0.3 is 15.2 Å². The summed E-state index contributed by atoms with van der Waals surface area (Å²) in [5.41, 5.74) is 0.0494. The summed E-state index contributed by atoms with van der Waals surface area (Å²) < 4.78 is 38.1. The van der Waals surface area contributed by atoms with Gasteiger partial charge >= 0.3 is 29.6 Å². The third-order valence-electron chi connectivity index (χ3n) is 5.41. The molecule has 2 N–H and O–H groups in total. The Morgan fingerprint density at radius 2 is 1.76 bits per heavy atom. The van der Waals surface area contributed by atoms with Crippen molar-refractivity contribution in [2.24, 2.45) is 10.2 Å². The maximum Gasteiger partial charge on any atom is 1.00 e. The van der Waals surface area contributed by atoms with Gasteiger partial charge in [0, 0.05) is 22.0 Å². The molecule has 0 bridgehead atoms. The van der Waals surface area contributed by atoms with Gasteiger partial charge in [0.25, 0.3) is 16.0 Å². The van der Waals surface area contributed by atoms with Crippen LogP contribution in [0, 0.1) is 6.92 Å². The second-order valence-corrected chi connectivity index (χ2v) is 10.1. The third kappa shape index (κ3) is 6.29. The van der Waals surface area contributed by atoms with Gasteiger partial charge in [-0.3, -0.25) is 9.35 Å². The number of carbonyl (C=O) groups is 1. The SMILES string of the molecule is COc1cc(Cl)ccc1NC(=O)c1cc2ccccc2c(N=Nc2cc(S(=O)(=O)O)c(C)cc2Cl)c1[O-].[Na+]. The topological polar surface area (TPSA) is 140 Å². The van der Waals surface area contributed by atoms with Crippen molar-refractivity contribution in [1.82, 2.24) is 0 Å². The van der Waals surface area contributed by atoms with Crippen LogP contribution in [0.25, 0.3) is 10.8 Å². The molecule has 0 aliphatic heterocycles. The van der Waals surface area contributed by atoms with Gasteiger partial charge in [-0.05, 0) is 48.2 Å². The fourth-order valence-electron chi connectivity index (χ4n) is 3.64. The summed E-state index contributed by atoms with van der Waals surface area (Å²) in [6.45, 7) is 1.46. The summed E-state index contributed by atoms with van der Waals surface area (Å²) in [6.07, 6.45) is 0. The molecule has 4 aromatic carbocycles. The monoisotopic (exact) mass is 581 g/mol. The first-order valence-electron chi connectivity index (χ1n) is 10.6. The predicted octanol–water partition coefficient (Wildman–Crippen LogP) is 3.46. The molecule has 0 aromatic heterocycles. The number of azo groups is 1. The van der Waals surface area contributed by atoms with Crippen LogP contribution in [-0.2, 0) is 10.1 Å². The molecule has 38 heavy (non-hydrogen) atoms. The molecule has 0 aliphatic rings. The summed E-state index contributed by atoms with van der Waals surface area (Å²) in [4.78, 5) is 12.7. The van der Waals surface area contributed by atoms with Gasteiger partial charge in [0.15, 0.2) is 0 Å². The number of halogens is 2. The van der Waals surface area contributed by atoms with Gasteiger partial charge in [-0.25, -0.2) is 0 Å². The normalized spacial score (nSPS) is 11.4. The quantitative estimate of drug-likeness (QED) is 0.203. The molecule has 0 saturated carbocycles. The number of ether oxygens (including phenoxy) is 1. The second-order valence-electron chi connectivity index (χ2n) is 7.87. The minimum atomic E-state index is -4.55. The van der Waals surface area contributed by atoms with Gasteiger partial charge in [-0.15, -0.1) is 5.11 Å².